The molecule has 8 heteroatoms. The number of aliphatic imine (C=N–C) groups is 2. The zero-order chi connectivity index (χ0) is 31.8. The van der Waals surface area contributed by atoms with E-state index in [4.69, 9.17) is 26.6 Å². The first kappa shape index (κ1) is 44.8. The van der Waals surface area contributed by atoms with Crippen LogP contribution in [0.25, 0.3) is 0 Å². The molecule has 2 aromatic carbocycles. The number of benzene rings is 2. The van der Waals surface area contributed by atoms with E-state index in [2.05, 4.69) is 36.4 Å². The van der Waals surface area contributed by atoms with Gasteiger partial charge in [0, 0.05) is 5.02 Å². The first-order valence-corrected chi connectivity index (χ1v) is 19.6. The Morgan fingerprint density at radius 3 is 1.02 bits per heavy atom. The first-order valence-electron chi connectivity index (χ1n) is 19.2. The van der Waals surface area contributed by atoms with Gasteiger partial charge >= 0.3 is 40.8 Å². The van der Waals surface area contributed by atoms with Crippen LogP contribution in [-0.2, 0) is 0 Å². The van der Waals surface area contributed by atoms with Crippen molar-refractivity contribution in [1.29, 1.82) is 0 Å². The third-order valence-corrected chi connectivity index (χ3v) is 12.1. The largest absolute Gasteiger partial charge is 3.00 e. The second-order valence-corrected chi connectivity index (χ2v) is 15.5. The van der Waals surface area contributed by atoms with Crippen LogP contribution in [0.3, 0.4) is 0 Å². The van der Waals surface area contributed by atoms with Gasteiger partial charge in [-0.2, -0.15) is 0 Å². The smallest absolute Gasteiger partial charge is 1.00 e. The van der Waals surface area contributed by atoms with Gasteiger partial charge in [-0.05, 0) is 109 Å². The molecule has 0 unspecified atom stereocenters. The number of aromatic nitrogens is 1. The van der Waals surface area contributed by atoms with E-state index in [9.17, 15) is 0 Å². The van der Waals surface area contributed by atoms with Crippen molar-refractivity contribution in [1.82, 2.24) is 4.98 Å². The van der Waals surface area contributed by atoms with Gasteiger partial charge in [-0.1, -0.05) is 125 Å². The molecule has 0 spiro atoms. The number of para-hydroxylation sites is 2. The van der Waals surface area contributed by atoms with Crippen molar-refractivity contribution in [2.45, 2.75) is 152 Å². The predicted octanol–water partition coefficient (Wildman–Crippen LogP) is 4.44. The molecule has 4 saturated carbocycles. The summed E-state index contributed by atoms with van der Waals surface area (Å²) in [4.78, 5) is 15.6. The van der Waals surface area contributed by atoms with Gasteiger partial charge in [0.25, 0.3) is 0 Å². The minimum atomic E-state index is 0. The monoisotopic (exact) mass is 894 g/mol. The summed E-state index contributed by atoms with van der Waals surface area (Å²) in [7, 11) is 0. The Balaban J connectivity index is 0.00000176. The van der Waals surface area contributed by atoms with Crippen LogP contribution in [0.2, 0.25) is 5.02 Å². The fourth-order valence-corrected chi connectivity index (χ4v) is 9.59. The molecule has 0 N–H and O–H groups in total. The quantitative estimate of drug-likeness (QED) is 0.309. The van der Waals surface area contributed by atoms with Gasteiger partial charge < -0.3 is 37.2 Å². The Morgan fingerprint density at radius 1 is 0.471 bits per heavy atom. The Kier molecular flexibility index (Phi) is 20.0. The van der Waals surface area contributed by atoms with Crippen LogP contribution in [0.1, 0.15) is 186 Å². The van der Waals surface area contributed by atoms with Crippen molar-refractivity contribution >= 4 is 35.4 Å². The molecule has 1 aromatic heterocycles. The van der Waals surface area contributed by atoms with E-state index in [1.165, 1.54) is 162 Å². The minimum Gasteiger partial charge on any atom is -1.00 e. The van der Waals surface area contributed by atoms with Gasteiger partial charge in [-0.25, -0.2) is 4.98 Å². The van der Waals surface area contributed by atoms with Crippen molar-refractivity contribution in [2.24, 2.45) is 9.98 Å². The van der Waals surface area contributed by atoms with Gasteiger partial charge in [-0.15, -0.1) is 0 Å². The number of hydrogen-bond acceptors (Lipinski definition) is 3. The topological polar surface area (TPSA) is 37.6 Å². The fourth-order valence-electron chi connectivity index (χ4n) is 9.36. The van der Waals surface area contributed by atoms with E-state index in [1.807, 2.05) is 24.6 Å². The summed E-state index contributed by atoms with van der Waals surface area (Å²) in [5.74, 6) is 2.43. The molecule has 3 aromatic rings. The van der Waals surface area contributed by atoms with Crippen molar-refractivity contribution in [3.63, 3.8) is 0 Å². The Hall–Kier alpha value is -0.559. The number of nitrogens with zero attached hydrogens (tertiary/aromatic N) is 3. The number of rotatable bonds is 8. The molecule has 3 nitrogen and oxygen atoms in total. The Morgan fingerprint density at radius 2 is 0.745 bits per heavy atom. The van der Waals surface area contributed by atoms with Gasteiger partial charge in [0.05, 0.1) is 35.2 Å². The third kappa shape index (κ3) is 11.7. The molecule has 4 aliphatic rings. The molecule has 4 aliphatic carbocycles. The summed E-state index contributed by atoms with van der Waals surface area (Å²) in [6.45, 7) is 0. The number of pyridine rings is 1. The summed E-state index contributed by atoms with van der Waals surface area (Å²) in [6, 6.07) is 17.9. The Labute approximate surface area is 364 Å². The average molecular weight is 899 g/mol. The molecule has 7 rings (SSSR count). The molecular weight excluding hydrogens is 845 g/mol. The van der Waals surface area contributed by atoms with E-state index < -0.39 is 0 Å². The maximum atomic E-state index is 6.76. The van der Waals surface area contributed by atoms with Crippen LogP contribution < -0.4 is 37.2 Å². The summed E-state index contributed by atoms with van der Waals surface area (Å²) in [6.07, 6.45) is 30.2. The molecule has 0 atom stereocenters. The fraction of sp³-hybridized carbons (Fsp3) is 0.558. The van der Waals surface area contributed by atoms with Crippen LogP contribution in [0.4, 0.5) is 11.4 Å². The molecule has 0 aliphatic heterocycles. The minimum absolute atomic E-state index is 0. The summed E-state index contributed by atoms with van der Waals surface area (Å²) in [5.41, 5.74) is 9.82. The van der Waals surface area contributed by atoms with Crippen LogP contribution in [-0.4, -0.2) is 17.4 Å². The molecule has 51 heavy (non-hydrogen) atoms. The molecule has 1 radical (unpaired) electrons. The van der Waals surface area contributed by atoms with Crippen molar-refractivity contribution < 1.29 is 78.1 Å². The van der Waals surface area contributed by atoms with Gasteiger partial charge in [-0.3, -0.25) is 9.98 Å². The molecule has 273 valence electrons. The standard InChI is InChI=1S/C43H54ClN3.3ClH.Nd/c44-35-27-36(29-45-42-38(31-15-5-1-6-16-31)23-13-24-39(42)32-17-7-2-8-18-32)47-37(28-35)30-46-43-40(33-19-9-3-10-20-33)25-14-26-41(43)34-21-11-4-12-22-34;;;;/h13-14,23-34H,1-12,15-22H2;3*1H;/q;;;;+3/p-3. The molecule has 0 bridgehead atoms. The van der Waals surface area contributed by atoms with E-state index >= 15 is 0 Å². The van der Waals surface area contributed by atoms with Crippen molar-refractivity contribution in [3.05, 3.63) is 87.2 Å². The predicted molar refractivity (Wildman–Crippen MR) is 200 cm³/mol. The van der Waals surface area contributed by atoms with Gasteiger partial charge in [0.1, 0.15) is 0 Å². The summed E-state index contributed by atoms with van der Waals surface area (Å²) < 4.78 is 0. The van der Waals surface area contributed by atoms with Gasteiger partial charge in [0.2, 0.25) is 0 Å². The van der Waals surface area contributed by atoms with Crippen LogP contribution >= 0.6 is 11.6 Å². The van der Waals surface area contributed by atoms with E-state index in [-0.39, 0.29) is 78.1 Å². The maximum absolute atomic E-state index is 6.76. The zero-order valence-electron chi connectivity index (χ0n) is 30.1. The Bertz CT molecular complexity index is 1370. The molecule has 0 amide bonds. The summed E-state index contributed by atoms with van der Waals surface area (Å²) >= 11 is 6.76. The SMILES string of the molecule is Clc1cc(C=Nc2c(C3CCCCC3)cccc2C2CCCCC2)nc(C=Nc2c(C3CCCCC3)cccc2C2CCCCC2)c1.[Cl-].[Cl-].[Cl-].[Nd+3]. The van der Waals surface area contributed by atoms with E-state index in [0.717, 1.165) is 11.4 Å². The van der Waals surface area contributed by atoms with E-state index in [0.29, 0.717) is 28.7 Å². The second kappa shape index (κ2) is 22.7. The van der Waals surface area contributed by atoms with Gasteiger partial charge in [0.15, 0.2) is 0 Å². The van der Waals surface area contributed by atoms with Crippen molar-refractivity contribution in [2.75, 3.05) is 0 Å². The third-order valence-electron chi connectivity index (χ3n) is 11.9. The summed E-state index contributed by atoms with van der Waals surface area (Å²) in [5, 5.41) is 0.684. The maximum Gasteiger partial charge on any atom is 3.00 e. The number of hydrogen-bond donors (Lipinski definition) is 0. The van der Waals surface area contributed by atoms with Crippen LogP contribution in [0.5, 0.6) is 0 Å². The first-order chi connectivity index (χ1) is 23.2. The van der Waals surface area contributed by atoms with Crippen LogP contribution in [0, 0.1) is 40.8 Å². The second-order valence-electron chi connectivity index (χ2n) is 15.1. The van der Waals surface area contributed by atoms with Crippen molar-refractivity contribution in [3.8, 4) is 0 Å². The molecule has 4 fully saturated rings. The molecular formula is C43H54Cl4N3Nd. The van der Waals surface area contributed by atoms with E-state index in [1.54, 1.807) is 0 Å². The molecule has 0 saturated heterocycles. The average Bonchev–Trinajstić information content (AvgIpc) is 3.14. The van der Waals surface area contributed by atoms with Crippen LogP contribution in [0.15, 0.2) is 58.5 Å². The molecule has 1 heterocycles. The zero-order valence-corrected chi connectivity index (χ0v) is 36.3. The number of halogens is 4. The normalized spacial score (nSPS) is 19.5.